The van der Waals surface area contributed by atoms with E-state index in [4.69, 9.17) is 0 Å². The minimum Gasteiger partial charge on any atom is -0.481 e. The highest BCUT2D eigenvalue weighted by Crippen LogP contribution is 2.37. The van der Waals surface area contributed by atoms with Gasteiger partial charge in [-0.05, 0) is 45.6 Å². The molecule has 1 rings (SSSR count). The van der Waals surface area contributed by atoms with Gasteiger partial charge >= 0.3 is 5.97 Å². The molecule has 0 radical (unpaired) electrons. The first-order valence-corrected chi connectivity index (χ1v) is 7.82. The molecule has 1 fully saturated rings. The fraction of sp³-hybridized carbons (Fsp3) is 0.938. The normalized spacial score (nSPS) is 20.7. The number of hydrogen-bond acceptors (Lipinski definition) is 2. The lowest BCUT2D eigenvalue weighted by Gasteiger charge is -2.47. The third kappa shape index (κ3) is 4.79. The summed E-state index contributed by atoms with van der Waals surface area (Å²) in [5.74, 6) is 0.0717. The maximum Gasteiger partial charge on any atom is 0.305 e. The van der Waals surface area contributed by atoms with Crippen LogP contribution < -0.4 is 0 Å². The molecule has 0 aliphatic heterocycles. The van der Waals surface area contributed by atoms with E-state index < -0.39 is 5.97 Å². The Morgan fingerprint density at radius 2 is 1.74 bits per heavy atom. The van der Waals surface area contributed by atoms with Crippen LogP contribution in [-0.2, 0) is 4.79 Å². The monoisotopic (exact) mass is 269 g/mol. The average Bonchev–Trinajstić information content (AvgIpc) is 2.35. The summed E-state index contributed by atoms with van der Waals surface area (Å²) < 4.78 is 0. The number of carbonyl (C=O) groups is 1. The van der Waals surface area contributed by atoms with Gasteiger partial charge in [0.2, 0.25) is 0 Å². The molecule has 0 saturated heterocycles. The first-order valence-electron chi connectivity index (χ1n) is 7.82. The summed E-state index contributed by atoms with van der Waals surface area (Å²) in [4.78, 5) is 13.6. The number of carboxylic acids is 1. The second kappa shape index (κ2) is 7.28. The van der Waals surface area contributed by atoms with Gasteiger partial charge < -0.3 is 5.11 Å². The standard InChI is InChI=1S/C16H31NO2/c1-13(2)8-9-14(3)17(4)16(12-15(18)19)10-6-5-7-11-16/h13-14H,5-12H2,1-4H3,(H,18,19). The maximum absolute atomic E-state index is 11.2. The van der Waals surface area contributed by atoms with Crippen molar-refractivity contribution in [2.24, 2.45) is 5.92 Å². The molecule has 0 bridgehead atoms. The zero-order valence-corrected chi connectivity index (χ0v) is 13.1. The molecule has 1 unspecified atom stereocenters. The lowest BCUT2D eigenvalue weighted by atomic mass is 9.77. The van der Waals surface area contributed by atoms with Crippen molar-refractivity contribution in [2.75, 3.05) is 7.05 Å². The van der Waals surface area contributed by atoms with E-state index >= 15 is 0 Å². The van der Waals surface area contributed by atoms with Gasteiger partial charge in [-0.25, -0.2) is 0 Å². The van der Waals surface area contributed by atoms with E-state index in [9.17, 15) is 9.90 Å². The van der Waals surface area contributed by atoms with Gasteiger partial charge in [0.05, 0.1) is 6.42 Å². The van der Waals surface area contributed by atoms with Gasteiger partial charge in [0.25, 0.3) is 0 Å². The number of carboxylic acid groups (broad SMARTS) is 1. The molecule has 1 N–H and O–H groups in total. The lowest BCUT2D eigenvalue weighted by molar-refractivity contribution is -0.141. The molecule has 1 saturated carbocycles. The van der Waals surface area contributed by atoms with E-state index in [1.165, 1.54) is 25.7 Å². The van der Waals surface area contributed by atoms with Crippen LogP contribution in [0.2, 0.25) is 0 Å². The van der Waals surface area contributed by atoms with Gasteiger partial charge in [0.15, 0.2) is 0 Å². The van der Waals surface area contributed by atoms with Crippen molar-refractivity contribution in [3.05, 3.63) is 0 Å². The molecule has 112 valence electrons. The largest absolute Gasteiger partial charge is 0.481 e. The zero-order chi connectivity index (χ0) is 14.5. The first kappa shape index (κ1) is 16.5. The van der Waals surface area contributed by atoms with Crippen LogP contribution >= 0.6 is 0 Å². The molecule has 1 atom stereocenters. The Balaban J connectivity index is 2.70. The van der Waals surface area contributed by atoms with Crippen LogP contribution in [0.4, 0.5) is 0 Å². The summed E-state index contributed by atoms with van der Waals surface area (Å²) in [5.41, 5.74) is -0.0967. The van der Waals surface area contributed by atoms with Crippen molar-refractivity contribution in [1.29, 1.82) is 0 Å². The van der Waals surface area contributed by atoms with E-state index in [1.54, 1.807) is 0 Å². The highest BCUT2D eigenvalue weighted by atomic mass is 16.4. The smallest absolute Gasteiger partial charge is 0.305 e. The summed E-state index contributed by atoms with van der Waals surface area (Å²) in [6, 6.07) is 0.472. The molecular weight excluding hydrogens is 238 g/mol. The summed E-state index contributed by atoms with van der Waals surface area (Å²) in [7, 11) is 2.14. The Bertz CT molecular complexity index is 282. The molecular formula is C16H31NO2. The highest BCUT2D eigenvalue weighted by molar-refractivity contribution is 5.68. The average molecular weight is 269 g/mol. The van der Waals surface area contributed by atoms with Crippen molar-refractivity contribution in [3.8, 4) is 0 Å². The molecule has 1 aliphatic rings. The number of hydrogen-bond donors (Lipinski definition) is 1. The summed E-state index contributed by atoms with van der Waals surface area (Å²) >= 11 is 0. The van der Waals surface area contributed by atoms with Crippen LogP contribution in [0.5, 0.6) is 0 Å². The van der Waals surface area contributed by atoms with Crippen molar-refractivity contribution in [1.82, 2.24) is 4.90 Å². The lowest BCUT2D eigenvalue weighted by Crippen LogP contribution is -2.53. The fourth-order valence-electron chi connectivity index (χ4n) is 3.38. The van der Waals surface area contributed by atoms with E-state index in [0.717, 1.165) is 25.2 Å². The second-order valence-corrected chi connectivity index (χ2v) is 6.79. The Morgan fingerprint density at radius 1 is 1.16 bits per heavy atom. The Kier molecular flexibility index (Phi) is 6.31. The van der Waals surface area contributed by atoms with Crippen molar-refractivity contribution in [3.63, 3.8) is 0 Å². The predicted molar refractivity (Wildman–Crippen MR) is 79.4 cm³/mol. The van der Waals surface area contributed by atoms with Gasteiger partial charge in [-0.2, -0.15) is 0 Å². The van der Waals surface area contributed by atoms with E-state index in [-0.39, 0.29) is 5.54 Å². The molecule has 0 aromatic carbocycles. The highest BCUT2D eigenvalue weighted by Gasteiger charge is 2.39. The molecule has 0 spiro atoms. The Hall–Kier alpha value is -0.570. The molecule has 3 nitrogen and oxygen atoms in total. The summed E-state index contributed by atoms with van der Waals surface area (Å²) in [6.45, 7) is 6.75. The SMILES string of the molecule is CC(C)CCC(C)N(C)C1(CC(=O)O)CCCCC1. The molecule has 3 heteroatoms. The molecule has 1 aliphatic carbocycles. The van der Waals surface area contributed by atoms with Crippen LogP contribution in [0.25, 0.3) is 0 Å². The molecule has 19 heavy (non-hydrogen) atoms. The number of aliphatic carboxylic acids is 1. The van der Waals surface area contributed by atoms with Gasteiger partial charge in [0, 0.05) is 11.6 Å². The van der Waals surface area contributed by atoms with Gasteiger partial charge in [-0.3, -0.25) is 9.69 Å². The van der Waals surface area contributed by atoms with Crippen LogP contribution in [-0.4, -0.2) is 34.6 Å². The van der Waals surface area contributed by atoms with Crippen molar-refractivity contribution >= 4 is 5.97 Å². The minimum absolute atomic E-state index is 0.0967. The van der Waals surface area contributed by atoms with E-state index in [0.29, 0.717) is 12.5 Å². The molecule has 0 aromatic rings. The first-order chi connectivity index (χ1) is 8.87. The van der Waals surface area contributed by atoms with Crippen LogP contribution in [0.1, 0.15) is 72.1 Å². The molecule has 0 heterocycles. The van der Waals surface area contributed by atoms with Crippen LogP contribution in [0.3, 0.4) is 0 Å². The molecule has 0 amide bonds. The number of rotatable bonds is 7. The van der Waals surface area contributed by atoms with E-state index in [1.807, 2.05) is 0 Å². The predicted octanol–water partition coefficient (Wildman–Crippen LogP) is 3.92. The fourth-order valence-corrected chi connectivity index (χ4v) is 3.38. The van der Waals surface area contributed by atoms with Crippen molar-refractivity contribution < 1.29 is 9.90 Å². The third-order valence-electron chi connectivity index (χ3n) is 4.84. The molecule has 0 aromatic heterocycles. The van der Waals surface area contributed by atoms with Crippen LogP contribution in [0, 0.1) is 5.92 Å². The maximum atomic E-state index is 11.2. The Morgan fingerprint density at radius 3 is 2.21 bits per heavy atom. The topological polar surface area (TPSA) is 40.5 Å². The Labute approximate surface area is 118 Å². The second-order valence-electron chi connectivity index (χ2n) is 6.79. The summed E-state index contributed by atoms with van der Waals surface area (Å²) in [6.07, 6.45) is 8.38. The third-order valence-corrected chi connectivity index (χ3v) is 4.84. The van der Waals surface area contributed by atoms with Gasteiger partial charge in [-0.1, -0.05) is 33.1 Å². The van der Waals surface area contributed by atoms with Crippen molar-refractivity contribution in [2.45, 2.75) is 83.7 Å². The zero-order valence-electron chi connectivity index (χ0n) is 13.1. The van der Waals surface area contributed by atoms with E-state index in [2.05, 4.69) is 32.7 Å². The summed E-state index contributed by atoms with van der Waals surface area (Å²) in [5, 5.41) is 9.25. The van der Waals surface area contributed by atoms with Gasteiger partial charge in [0.1, 0.15) is 0 Å². The quantitative estimate of drug-likeness (QED) is 0.761. The number of nitrogens with zero attached hydrogens (tertiary/aromatic N) is 1. The van der Waals surface area contributed by atoms with Crippen LogP contribution in [0.15, 0.2) is 0 Å². The minimum atomic E-state index is -0.648. The van der Waals surface area contributed by atoms with Gasteiger partial charge in [-0.15, -0.1) is 0 Å².